The molecule has 170 valence electrons. The molecule has 0 atom stereocenters. The van der Waals surface area contributed by atoms with Crippen LogP contribution >= 0.6 is 54.5 Å². The van der Waals surface area contributed by atoms with Crippen molar-refractivity contribution in [3.05, 3.63) is 89.4 Å². The van der Waals surface area contributed by atoms with Crippen molar-refractivity contribution in [2.24, 2.45) is 5.10 Å². The Kier molecular flexibility index (Phi) is 9.04. The van der Waals surface area contributed by atoms with Crippen molar-refractivity contribution >= 4 is 72.5 Å². The van der Waals surface area contributed by atoms with Gasteiger partial charge in [0.2, 0.25) is 0 Å². The molecule has 0 radical (unpaired) electrons. The Balaban J connectivity index is 1.68. The van der Waals surface area contributed by atoms with Gasteiger partial charge in [0.05, 0.1) is 16.3 Å². The number of benzene rings is 3. The summed E-state index contributed by atoms with van der Waals surface area (Å²) in [4.78, 5) is 24.8. The van der Waals surface area contributed by atoms with Gasteiger partial charge in [0.25, 0.3) is 5.91 Å². The molecule has 0 saturated carbocycles. The van der Waals surface area contributed by atoms with Crippen molar-refractivity contribution in [2.75, 3.05) is 6.61 Å². The minimum atomic E-state index is -0.497. The average molecular weight is 686 g/mol. The van der Waals surface area contributed by atoms with Crippen LogP contribution < -0.4 is 14.9 Å². The summed E-state index contributed by atoms with van der Waals surface area (Å²) in [6.07, 6.45) is 1.40. The molecule has 0 aliphatic heterocycles. The summed E-state index contributed by atoms with van der Waals surface area (Å²) in [6.45, 7) is 3.80. The predicted molar refractivity (Wildman–Crippen MR) is 143 cm³/mol. The van der Waals surface area contributed by atoms with E-state index in [0.717, 1.165) is 19.2 Å². The minimum absolute atomic E-state index is 0.184. The van der Waals surface area contributed by atoms with Crippen molar-refractivity contribution in [3.8, 4) is 11.5 Å². The van der Waals surface area contributed by atoms with Crippen LogP contribution in [-0.2, 0) is 4.79 Å². The van der Waals surface area contributed by atoms with Crippen molar-refractivity contribution < 1.29 is 19.1 Å². The molecule has 0 unspecified atom stereocenters. The molecular formula is C24H19Br2IN2O4. The van der Waals surface area contributed by atoms with E-state index >= 15 is 0 Å². The summed E-state index contributed by atoms with van der Waals surface area (Å²) < 4.78 is 13.2. The van der Waals surface area contributed by atoms with Crippen LogP contribution in [0.5, 0.6) is 11.5 Å². The number of hydrazone groups is 1. The second-order valence-corrected chi connectivity index (χ2v) is 9.94. The second-order valence-electron chi connectivity index (χ2n) is 7.00. The van der Waals surface area contributed by atoms with Gasteiger partial charge >= 0.3 is 5.97 Å². The molecule has 1 amide bonds. The van der Waals surface area contributed by atoms with E-state index in [4.69, 9.17) is 9.47 Å². The van der Waals surface area contributed by atoms with Crippen LogP contribution in [0.25, 0.3) is 0 Å². The van der Waals surface area contributed by atoms with Crippen LogP contribution in [0.1, 0.15) is 27.0 Å². The zero-order valence-electron chi connectivity index (χ0n) is 17.7. The van der Waals surface area contributed by atoms with Crippen molar-refractivity contribution in [3.63, 3.8) is 0 Å². The van der Waals surface area contributed by atoms with Crippen LogP contribution in [0.3, 0.4) is 0 Å². The van der Waals surface area contributed by atoms with E-state index in [-0.39, 0.29) is 12.4 Å². The van der Waals surface area contributed by atoms with Gasteiger partial charge in [-0.15, -0.1) is 0 Å². The second kappa shape index (κ2) is 11.8. The number of esters is 1. The number of amides is 1. The fourth-order valence-electron chi connectivity index (χ4n) is 2.72. The first-order valence-corrected chi connectivity index (χ1v) is 12.4. The summed E-state index contributed by atoms with van der Waals surface area (Å²) in [7, 11) is 0. The third kappa shape index (κ3) is 7.12. The van der Waals surface area contributed by atoms with Crippen molar-refractivity contribution in [1.29, 1.82) is 0 Å². The fourth-order valence-corrected chi connectivity index (χ4v) is 4.66. The number of hydrogen-bond donors (Lipinski definition) is 1. The largest absolute Gasteiger partial charge is 0.484 e. The van der Waals surface area contributed by atoms with Crippen LogP contribution in [0.15, 0.2) is 68.6 Å². The standard InChI is InChI=1S/C24H19Br2IN2O4/c1-14-7-8-18(9-15(14)2)32-13-22(30)29-28-12-16-10-17(25)11-20(26)23(16)33-24(31)19-5-3-4-6-21(19)27/h3-12H,13H2,1-2H3,(H,29,30)/b28-12-. The van der Waals surface area contributed by atoms with Gasteiger partial charge in [-0.25, -0.2) is 10.2 Å². The lowest BCUT2D eigenvalue weighted by Crippen LogP contribution is -2.24. The molecule has 1 N–H and O–H groups in total. The highest BCUT2D eigenvalue weighted by Crippen LogP contribution is 2.33. The normalized spacial score (nSPS) is 10.8. The van der Waals surface area contributed by atoms with Crippen molar-refractivity contribution in [2.45, 2.75) is 13.8 Å². The molecule has 0 aromatic heterocycles. The third-order valence-electron chi connectivity index (χ3n) is 4.57. The maximum absolute atomic E-state index is 12.7. The van der Waals surface area contributed by atoms with Crippen molar-refractivity contribution in [1.82, 2.24) is 5.43 Å². The average Bonchev–Trinajstić information content (AvgIpc) is 2.77. The predicted octanol–water partition coefficient (Wildman–Crippen LogP) is 6.18. The fraction of sp³-hybridized carbons (Fsp3) is 0.125. The molecule has 0 aliphatic rings. The van der Waals surface area contributed by atoms with Gasteiger partial charge in [0.1, 0.15) is 5.75 Å². The van der Waals surface area contributed by atoms with E-state index in [1.165, 1.54) is 6.21 Å². The maximum Gasteiger partial charge on any atom is 0.344 e. The van der Waals surface area contributed by atoms with Gasteiger partial charge in [-0.2, -0.15) is 5.10 Å². The number of carbonyl (C=O) groups is 2. The minimum Gasteiger partial charge on any atom is -0.484 e. The highest BCUT2D eigenvalue weighted by molar-refractivity contribution is 14.1. The molecule has 0 aliphatic carbocycles. The molecule has 9 heteroatoms. The molecule has 6 nitrogen and oxygen atoms in total. The Morgan fingerprint density at radius 2 is 1.82 bits per heavy atom. The quantitative estimate of drug-likeness (QED) is 0.106. The number of rotatable bonds is 7. The summed E-state index contributed by atoms with van der Waals surface area (Å²) in [5.41, 5.74) is 5.59. The number of ether oxygens (including phenoxy) is 2. The number of nitrogens with one attached hydrogen (secondary N) is 1. The number of halogens is 3. The zero-order chi connectivity index (χ0) is 24.0. The van der Waals surface area contributed by atoms with E-state index in [1.807, 2.05) is 44.2 Å². The third-order valence-corrected chi connectivity index (χ3v) is 6.55. The lowest BCUT2D eigenvalue weighted by Gasteiger charge is -2.11. The SMILES string of the molecule is Cc1ccc(OCC(=O)N/N=C\c2cc(Br)cc(Br)c2OC(=O)c2ccccc2I)cc1C. The molecule has 33 heavy (non-hydrogen) atoms. The molecule has 0 fully saturated rings. The Labute approximate surface area is 222 Å². The Morgan fingerprint density at radius 3 is 2.55 bits per heavy atom. The van der Waals surface area contributed by atoms with Crippen LogP contribution in [0.2, 0.25) is 0 Å². The Bertz CT molecular complexity index is 1230. The number of aryl methyl sites for hydroxylation is 2. The van der Waals surface area contributed by atoms with E-state index in [0.29, 0.717) is 21.3 Å². The van der Waals surface area contributed by atoms with E-state index in [9.17, 15) is 9.59 Å². The van der Waals surface area contributed by atoms with Gasteiger partial charge in [-0.05, 0) is 99.9 Å². The zero-order valence-corrected chi connectivity index (χ0v) is 23.0. The monoisotopic (exact) mass is 684 g/mol. The van der Waals surface area contributed by atoms with Gasteiger partial charge in [-0.1, -0.05) is 34.1 Å². The lowest BCUT2D eigenvalue weighted by atomic mass is 10.1. The first-order chi connectivity index (χ1) is 15.7. The maximum atomic E-state index is 12.7. The van der Waals surface area contributed by atoms with E-state index in [1.54, 1.807) is 24.3 Å². The van der Waals surface area contributed by atoms with Crippen LogP contribution in [0, 0.1) is 17.4 Å². The lowest BCUT2D eigenvalue weighted by molar-refractivity contribution is -0.123. The van der Waals surface area contributed by atoms with Gasteiger partial charge in [0.15, 0.2) is 12.4 Å². The molecule has 0 heterocycles. The molecule has 3 aromatic carbocycles. The van der Waals surface area contributed by atoms with Crippen LogP contribution in [0.4, 0.5) is 0 Å². The first kappa shape index (κ1) is 25.4. The molecule has 3 aromatic rings. The highest BCUT2D eigenvalue weighted by Gasteiger charge is 2.17. The molecule has 0 saturated heterocycles. The smallest absolute Gasteiger partial charge is 0.344 e. The molecular weight excluding hydrogens is 667 g/mol. The number of nitrogens with zero attached hydrogens (tertiary/aromatic N) is 1. The summed E-state index contributed by atoms with van der Waals surface area (Å²) in [5.74, 6) is -0.0236. The summed E-state index contributed by atoms with van der Waals surface area (Å²) in [5, 5.41) is 3.99. The number of hydrogen-bond acceptors (Lipinski definition) is 5. The van der Waals surface area contributed by atoms with Gasteiger partial charge in [-0.3, -0.25) is 4.79 Å². The molecule has 0 spiro atoms. The van der Waals surface area contributed by atoms with E-state index in [2.05, 4.69) is 65.0 Å². The topological polar surface area (TPSA) is 77.0 Å². The summed E-state index contributed by atoms with van der Waals surface area (Å²) in [6, 6.07) is 16.2. The molecule has 3 rings (SSSR count). The summed E-state index contributed by atoms with van der Waals surface area (Å²) >= 11 is 8.91. The number of carbonyl (C=O) groups excluding carboxylic acids is 2. The molecule has 0 bridgehead atoms. The first-order valence-electron chi connectivity index (χ1n) is 9.72. The van der Waals surface area contributed by atoms with Gasteiger partial charge in [0, 0.05) is 13.6 Å². The van der Waals surface area contributed by atoms with Gasteiger partial charge < -0.3 is 9.47 Å². The highest BCUT2D eigenvalue weighted by atomic mass is 127. The Morgan fingerprint density at radius 1 is 1.06 bits per heavy atom. The Hall–Kier alpha value is -2.24. The van der Waals surface area contributed by atoms with E-state index < -0.39 is 11.9 Å². The van der Waals surface area contributed by atoms with Crippen LogP contribution in [-0.4, -0.2) is 24.7 Å².